The van der Waals surface area contributed by atoms with E-state index in [2.05, 4.69) is 20.6 Å². The first-order valence-electron chi connectivity index (χ1n) is 11.3. The number of aliphatic hydroxyl groups is 1. The summed E-state index contributed by atoms with van der Waals surface area (Å²) in [6, 6.07) is 8.37. The van der Waals surface area contributed by atoms with Gasteiger partial charge >= 0.3 is 6.09 Å². The van der Waals surface area contributed by atoms with Crippen molar-refractivity contribution in [2.45, 2.75) is 25.2 Å². The average Bonchev–Trinajstić information content (AvgIpc) is 3.24. The minimum Gasteiger partial charge on any atom is -0.482 e. The maximum atomic E-state index is 14.4. The molecule has 36 heavy (non-hydrogen) atoms. The Morgan fingerprint density at radius 2 is 2.19 bits per heavy atom. The fourth-order valence-electron chi connectivity index (χ4n) is 4.20. The van der Waals surface area contributed by atoms with Gasteiger partial charge in [-0.2, -0.15) is 0 Å². The molecular weight excluding hydrogens is 473 g/mol. The highest BCUT2D eigenvalue weighted by molar-refractivity contribution is 5.97. The summed E-state index contributed by atoms with van der Waals surface area (Å²) in [5.74, 6) is 0.0811. The summed E-state index contributed by atoms with van der Waals surface area (Å²) in [7, 11) is 1.48. The third-order valence-corrected chi connectivity index (χ3v) is 5.95. The molecular formula is C24H24FN5O6. The normalized spacial score (nSPS) is 17.9. The van der Waals surface area contributed by atoms with E-state index < -0.39 is 24.1 Å². The monoisotopic (exact) mass is 497 g/mol. The summed E-state index contributed by atoms with van der Waals surface area (Å²) in [5, 5.41) is 16.2. The molecule has 0 aliphatic carbocycles. The van der Waals surface area contributed by atoms with Gasteiger partial charge in [-0.05, 0) is 24.3 Å². The van der Waals surface area contributed by atoms with Gasteiger partial charge in [-0.25, -0.2) is 14.2 Å². The van der Waals surface area contributed by atoms with E-state index in [1.807, 2.05) is 0 Å². The molecule has 2 atom stereocenters. The summed E-state index contributed by atoms with van der Waals surface area (Å²) >= 11 is 0. The number of fused-ring (bicyclic) bond motifs is 2. The molecule has 2 aromatic heterocycles. The molecule has 2 amide bonds. The molecule has 0 unspecified atom stereocenters. The van der Waals surface area contributed by atoms with Gasteiger partial charge in [-0.3, -0.25) is 14.7 Å². The van der Waals surface area contributed by atoms with Crippen molar-refractivity contribution in [1.82, 2.24) is 15.3 Å². The maximum absolute atomic E-state index is 14.4. The average molecular weight is 497 g/mol. The van der Waals surface area contributed by atoms with Crippen LogP contribution in [-0.4, -0.2) is 66.1 Å². The van der Waals surface area contributed by atoms with Gasteiger partial charge in [0.25, 0.3) is 5.91 Å². The van der Waals surface area contributed by atoms with E-state index in [0.717, 1.165) is 6.20 Å². The van der Waals surface area contributed by atoms with Gasteiger partial charge in [0.2, 0.25) is 5.88 Å². The number of anilines is 2. The minimum absolute atomic E-state index is 0.0547. The lowest BCUT2D eigenvalue weighted by molar-refractivity contribution is -0.118. The molecule has 5 rings (SSSR count). The van der Waals surface area contributed by atoms with Gasteiger partial charge in [0.15, 0.2) is 6.61 Å². The fourth-order valence-corrected chi connectivity index (χ4v) is 4.20. The number of rotatable bonds is 8. The summed E-state index contributed by atoms with van der Waals surface area (Å²) in [5.41, 5.74) is 2.24. The van der Waals surface area contributed by atoms with E-state index in [9.17, 15) is 19.1 Å². The number of ether oxygens (including phenoxy) is 3. The van der Waals surface area contributed by atoms with E-state index in [1.54, 1.807) is 30.3 Å². The standard InChI is InChI=1S/C24H24FN5O6/c1-34-22-5-3-18-23(29-22)16(17(25)10-27-18)9-26-8-14(31)7-15-11-30(24(33)36-15)13-2-4-20-19(6-13)28-21(32)12-35-20/h2-6,10,14-15,26,31H,7-9,11-12H2,1H3,(H,28,32)/t14-,15+/m1/s1. The van der Waals surface area contributed by atoms with Gasteiger partial charge in [0.1, 0.15) is 23.2 Å². The fraction of sp³-hybridized carbons (Fsp3) is 0.333. The zero-order valence-corrected chi connectivity index (χ0v) is 19.4. The number of benzene rings is 1. The minimum atomic E-state index is -0.849. The SMILES string of the molecule is COc1ccc2ncc(F)c(CNC[C@H](O)C[C@H]3CN(c4ccc5c(c4)NC(=O)CO5)C(=O)O3)c2n1. The van der Waals surface area contributed by atoms with Crippen LogP contribution in [0.15, 0.2) is 36.5 Å². The molecule has 0 saturated carbocycles. The first kappa shape index (κ1) is 23.7. The number of halogens is 1. The van der Waals surface area contributed by atoms with E-state index in [-0.39, 0.29) is 38.6 Å². The van der Waals surface area contributed by atoms with Crippen LogP contribution in [0.2, 0.25) is 0 Å². The van der Waals surface area contributed by atoms with Crippen LogP contribution in [0.1, 0.15) is 12.0 Å². The Kier molecular flexibility index (Phi) is 6.53. The van der Waals surface area contributed by atoms with Gasteiger partial charge in [-0.1, -0.05) is 0 Å². The summed E-state index contributed by atoms with van der Waals surface area (Å²) in [4.78, 5) is 33.8. The molecule has 0 spiro atoms. The first-order chi connectivity index (χ1) is 17.4. The highest BCUT2D eigenvalue weighted by Crippen LogP contribution is 2.34. The number of nitrogens with zero attached hydrogens (tertiary/aromatic N) is 3. The summed E-state index contributed by atoms with van der Waals surface area (Å²) < 4.78 is 30.3. The van der Waals surface area contributed by atoms with E-state index in [0.29, 0.717) is 39.6 Å². The Hall–Kier alpha value is -4.03. The van der Waals surface area contributed by atoms with Gasteiger partial charge in [-0.15, -0.1) is 0 Å². The number of aromatic nitrogens is 2. The number of amides is 2. The highest BCUT2D eigenvalue weighted by atomic mass is 19.1. The Morgan fingerprint density at radius 1 is 1.33 bits per heavy atom. The van der Waals surface area contributed by atoms with Crippen molar-refractivity contribution in [3.8, 4) is 11.6 Å². The number of hydrogen-bond donors (Lipinski definition) is 3. The van der Waals surface area contributed by atoms with Crippen LogP contribution < -0.4 is 25.0 Å². The van der Waals surface area contributed by atoms with E-state index in [4.69, 9.17) is 14.2 Å². The van der Waals surface area contributed by atoms with E-state index in [1.165, 1.54) is 12.0 Å². The largest absolute Gasteiger partial charge is 0.482 e. The van der Waals surface area contributed by atoms with Crippen molar-refractivity contribution in [1.29, 1.82) is 0 Å². The molecule has 2 aliphatic rings. The smallest absolute Gasteiger partial charge is 0.414 e. The lowest BCUT2D eigenvalue weighted by atomic mass is 10.1. The molecule has 12 heteroatoms. The molecule has 1 fully saturated rings. The van der Waals surface area contributed by atoms with Crippen LogP contribution in [0, 0.1) is 5.82 Å². The highest BCUT2D eigenvalue weighted by Gasteiger charge is 2.34. The van der Waals surface area contributed by atoms with Crippen LogP contribution >= 0.6 is 0 Å². The quantitative estimate of drug-likeness (QED) is 0.427. The zero-order valence-electron chi connectivity index (χ0n) is 19.4. The van der Waals surface area contributed by atoms with Crippen LogP contribution in [0.4, 0.5) is 20.6 Å². The molecule has 188 valence electrons. The summed E-state index contributed by atoms with van der Waals surface area (Å²) in [6.45, 7) is 0.433. The van der Waals surface area contributed by atoms with Crippen molar-refractivity contribution in [3.63, 3.8) is 0 Å². The molecule has 0 bridgehead atoms. The number of cyclic esters (lactones) is 1. The second-order valence-electron chi connectivity index (χ2n) is 8.46. The predicted molar refractivity (Wildman–Crippen MR) is 127 cm³/mol. The lowest BCUT2D eigenvalue weighted by Gasteiger charge is -2.21. The Morgan fingerprint density at radius 3 is 3.03 bits per heavy atom. The number of aliphatic hydroxyl groups excluding tert-OH is 1. The topological polar surface area (TPSA) is 135 Å². The van der Waals surface area contributed by atoms with Crippen molar-refractivity contribution < 1.29 is 33.3 Å². The number of carbonyl (C=O) groups is 2. The molecule has 1 saturated heterocycles. The molecule has 0 radical (unpaired) electrons. The predicted octanol–water partition coefficient (Wildman–Crippen LogP) is 1.97. The molecule has 3 aromatic rings. The third kappa shape index (κ3) is 4.86. The Bertz CT molecular complexity index is 1320. The number of carbonyl (C=O) groups excluding carboxylic acids is 2. The van der Waals surface area contributed by atoms with Crippen LogP contribution in [0.25, 0.3) is 11.0 Å². The number of nitrogens with one attached hydrogen (secondary N) is 2. The van der Waals surface area contributed by atoms with Gasteiger partial charge in [0.05, 0.1) is 37.2 Å². The molecule has 2 aliphatic heterocycles. The Balaban J connectivity index is 1.17. The zero-order chi connectivity index (χ0) is 25.2. The van der Waals surface area contributed by atoms with Crippen molar-refractivity contribution in [2.75, 3.05) is 37.0 Å². The van der Waals surface area contributed by atoms with E-state index >= 15 is 0 Å². The lowest BCUT2D eigenvalue weighted by Crippen LogP contribution is -2.32. The van der Waals surface area contributed by atoms with Crippen molar-refractivity contribution in [2.24, 2.45) is 0 Å². The Labute approximate surface area is 205 Å². The molecule has 11 nitrogen and oxygen atoms in total. The number of hydrogen-bond acceptors (Lipinski definition) is 9. The first-order valence-corrected chi connectivity index (χ1v) is 11.3. The van der Waals surface area contributed by atoms with Crippen LogP contribution in [0.3, 0.4) is 0 Å². The molecule has 1 aromatic carbocycles. The van der Waals surface area contributed by atoms with Crippen molar-refractivity contribution >= 4 is 34.4 Å². The van der Waals surface area contributed by atoms with Crippen molar-refractivity contribution in [3.05, 3.63) is 47.9 Å². The van der Waals surface area contributed by atoms with Gasteiger partial charge in [0, 0.05) is 36.8 Å². The number of pyridine rings is 2. The maximum Gasteiger partial charge on any atom is 0.414 e. The molecule has 4 heterocycles. The van der Waals surface area contributed by atoms with Crippen LogP contribution in [-0.2, 0) is 16.1 Å². The van der Waals surface area contributed by atoms with Crippen LogP contribution in [0.5, 0.6) is 11.6 Å². The molecule has 3 N–H and O–H groups in total. The van der Waals surface area contributed by atoms with Gasteiger partial charge < -0.3 is 30.0 Å². The second kappa shape index (κ2) is 9.91. The second-order valence-corrected chi connectivity index (χ2v) is 8.46. The summed E-state index contributed by atoms with van der Waals surface area (Å²) in [6.07, 6.45) is -0.618. The number of methoxy groups -OCH3 is 1. The third-order valence-electron chi connectivity index (χ3n) is 5.95.